The minimum Gasteiger partial charge on any atom is -0.378 e. The molecule has 1 aromatic rings. The van der Waals surface area contributed by atoms with Gasteiger partial charge >= 0.3 is 0 Å². The van der Waals surface area contributed by atoms with Crippen LogP contribution in [0, 0.1) is 5.92 Å². The number of hydrogen-bond donors (Lipinski definition) is 2. The van der Waals surface area contributed by atoms with Gasteiger partial charge in [0.2, 0.25) is 5.91 Å². The summed E-state index contributed by atoms with van der Waals surface area (Å²) in [6.45, 7) is 5.10. The lowest BCUT2D eigenvalue weighted by Crippen LogP contribution is -2.42. The number of rotatable bonds is 4. The zero-order valence-corrected chi connectivity index (χ0v) is 12.4. The Morgan fingerprint density at radius 2 is 2.30 bits per heavy atom. The number of nitrogens with zero attached hydrogens (tertiary/aromatic N) is 2. The highest BCUT2D eigenvalue weighted by Gasteiger charge is 2.19. The minimum atomic E-state index is -0.287. The van der Waals surface area contributed by atoms with Gasteiger partial charge in [-0.3, -0.25) is 9.59 Å². The Morgan fingerprint density at radius 3 is 2.90 bits per heavy atom. The summed E-state index contributed by atoms with van der Waals surface area (Å²) in [6.07, 6.45) is 2.77. The normalized spacial score (nSPS) is 19.0. The SMILES string of the molecule is CC(C)Cn1ncc(NC2CCC(=O)NC2)c(Cl)c1=O. The van der Waals surface area contributed by atoms with Crippen molar-refractivity contribution in [1.29, 1.82) is 0 Å². The van der Waals surface area contributed by atoms with Crippen LogP contribution in [0.25, 0.3) is 0 Å². The van der Waals surface area contributed by atoms with E-state index in [0.29, 0.717) is 31.1 Å². The van der Waals surface area contributed by atoms with Crippen molar-refractivity contribution in [2.75, 3.05) is 11.9 Å². The Bertz CT molecular complexity index is 546. The Kier molecular flexibility index (Phi) is 4.65. The number of nitrogens with one attached hydrogen (secondary N) is 2. The van der Waals surface area contributed by atoms with Crippen molar-refractivity contribution < 1.29 is 4.79 Å². The van der Waals surface area contributed by atoms with Crippen LogP contribution in [0.2, 0.25) is 5.02 Å². The van der Waals surface area contributed by atoms with Gasteiger partial charge in [0.1, 0.15) is 5.02 Å². The molecule has 0 radical (unpaired) electrons. The molecular weight excluding hydrogens is 280 g/mol. The molecule has 0 aliphatic carbocycles. The van der Waals surface area contributed by atoms with E-state index in [1.54, 1.807) is 6.20 Å². The molecule has 0 bridgehead atoms. The molecule has 2 rings (SSSR count). The first-order valence-electron chi connectivity index (χ1n) is 6.76. The molecule has 1 saturated heterocycles. The fourth-order valence-electron chi connectivity index (χ4n) is 2.12. The summed E-state index contributed by atoms with van der Waals surface area (Å²) in [6, 6.07) is 0.0762. The van der Waals surface area contributed by atoms with Crippen molar-refractivity contribution in [3.05, 3.63) is 21.6 Å². The topological polar surface area (TPSA) is 76.0 Å². The summed E-state index contributed by atoms with van der Waals surface area (Å²) in [4.78, 5) is 23.2. The summed E-state index contributed by atoms with van der Waals surface area (Å²) in [5, 5.41) is 10.2. The van der Waals surface area contributed by atoms with E-state index in [1.807, 2.05) is 13.8 Å². The van der Waals surface area contributed by atoms with Gasteiger partial charge in [0.15, 0.2) is 0 Å². The first-order chi connectivity index (χ1) is 9.47. The molecule has 2 heterocycles. The van der Waals surface area contributed by atoms with Gasteiger partial charge in [-0.15, -0.1) is 0 Å². The van der Waals surface area contributed by atoms with Crippen LogP contribution in [-0.4, -0.2) is 28.3 Å². The van der Waals surface area contributed by atoms with Gasteiger partial charge < -0.3 is 10.6 Å². The van der Waals surface area contributed by atoms with Crippen LogP contribution in [0.1, 0.15) is 26.7 Å². The number of aromatic nitrogens is 2. The predicted octanol–water partition coefficient (Wildman–Crippen LogP) is 1.24. The maximum absolute atomic E-state index is 12.1. The number of carbonyl (C=O) groups excluding carboxylic acids is 1. The number of hydrogen-bond acceptors (Lipinski definition) is 4. The van der Waals surface area contributed by atoms with Gasteiger partial charge in [-0.1, -0.05) is 25.4 Å². The maximum atomic E-state index is 12.1. The van der Waals surface area contributed by atoms with Gasteiger partial charge in [-0.25, -0.2) is 4.68 Å². The monoisotopic (exact) mass is 298 g/mol. The molecule has 6 nitrogen and oxygen atoms in total. The van der Waals surface area contributed by atoms with E-state index < -0.39 is 0 Å². The number of piperidine rings is 1. The van der Waals surface area contributed by atoms with Gasteiger partial charge in [-0.05, 0) is 12.3 Å². The third kappa shape index (κ3) is 3.50. The summed E-state index contributed by atoms with van der Waals surface area (Å²) in [5.74, 6) is 0.378. The zero-order valence-electron chi connectivity index (χ0n) is 11.6. The van der Waals surface area contributed by atoms with Crippen LogP contribution < -0.4 is 16.2 Å². The lowest BCUT2D eigenvalue weighted by Gasteiger charge is -2.24. The second kappa shape index (κ2) is 6.26. The van der Waals surface area contributed by atoms with Crippen LogP contribution in [0.4, 0.5) is 5.69 Å². The van der Waals surface area contributed by atoms with Crippen LogP contribution in [0.3, 0.4) is 0 Å². The molecule has 110 valence electrons. The summed E-state index contributed by atoms with van der Waals surface area (Å²) in [5.41, 5.74) is 0.239. The highest BCUT2D eigenvalue weighted by atomic mass is 35.5. The van der Waals surface area contributed by atoms with Crippen LogP contribution >= 0.6 is 11.6 Å². The van der Waals surface area contributed by atoms with Gasteiger partial charge in [0, 0.05) is 25.6 Å². The average Bonchev–Trinajstić information content (AvgIpc) is 2.40. The Hall–Kier alpha value is -1.56. The molecule has 1 aliphatic rings. The molecule has 1 fully saturated rings. The van der Waals surface area contributed by atoms with Crippen molar-refractivity contribution in [3.8, 4) is 0 Å². The molecule has 1 amide bonds. The summed E-state index contributed by atoms with van der Waals surface area (Å²) in [7, 11) is 0. The van der Waals surface area contributed by atoms with Gasteiger partial charge in [-0.2, -0.15) is 5.10 Å². The highest BCUT2D eigenvalue weighted by molar-refractivity contribution is 6.32. The molecular formula is C13H19ClN4O2. The third-order valence-electron chi connectivity index (χ3n) is 3.15. The van der Waals surface area contributed by atoms with Crippen LogP contribution in [0.15, 0.2) is 11.0 Å². The fraction of sp³-hybridized carbons (Fsp3) is 0.615. The Morgan fingerprint density at radius 1 is 1.55 bits per heavy atom. The average molecular weight is 299 g/mol. The van der Waals surface area contributed by atoms with Crippen molar-refractivity contribution in [1.82, 2.24) is 15.1 Å². The van der Waals surface area contributed by atoms with E-state index in [9.17, 15) is 9.59 Å². The zero-order chi connectivity index (χ0) is 14.7. The van der Waals surface area contributed by atoms with Gasteiger partial charge in [0.05, 0.1) is 11.9 Å². The quantitative estimate of drug-likeness (QED) is 0.877. The van der Waals surface area contributed by atoms with Crippen molar-refractivity contribution in [2.45, 2.75) is 39.3 Å². The van der Waals surface area contributed by atoms with E-state index in [0.717, 1.165) is 6.42 Å². The largest absolute Gasteiger partial charge is 0.378 e. The number of amides is 1. The molecule has 1 unspecified atom stereocenters. The first-order valence-corrected chi connectivity index (χ1v) is 7.14. The van der Waals surface area contributed by atoms with Crippen molar-refractivity contribution in [3.63, 3.8) is 0 Å². The minimum absolute atomic E-state index is 0.0552. The standard InChI is InChI=1S/C13H19ClN4O2/c1-8(2)7-18-13(20)12(14)10(6-16-18)17-9-3-4-11(19)15-5-9/h6,8-9,17H,3-5,7H2,1-2H3,(H,15,19). The fourth-order valence-corrected chi connectivity index (χ4v) is 2.32. The van der Waals surface area contributed by atoms with E-state index in [4.69, 9.17) is 11.6 Å². The van der Waals surface area contributed by atoms with E-state index in [-0.39, 0.29) is 22.5 Å². The molecule has 1 aliphatic heterocycles. The molecule has 0 saturated carbocycles. The Labute approximate surface area is 122 Å². The second-order valence-electron chi connectivity index (χ2n) is 5.44. The lowest BCUT2D eigenvalue weighted by molar-refractivity contribution is -0.122. The highest BCUT2D eigenvalue weighted by Crippen LogP contribution is 2.18. The van der Waals surface area contributed by atoms with E-state index in [2.05, 4.69) is 15.7 Å². The molecule has 1 aromatic heterocycles. The lowest BCUT2D eigenvalue weighted by atomic mass is 10.1. The summed E-state index contributed by atoms with van der Waals surface area (Å²) < 4.78 is 1.38. The molecule has 1 atom stereocenters. The molecule has 0 aromatic carbocycles. The van der Waals surface area contributed by atoms with Gasteiger partial charge in [0.25, 0.3) is 5.56 Å². The third-order valence-corrected chi connectivity index (χ3v) is 3.51. The van der Waals surface area contributed by atoms with Crippen LogP contribution in [0.5, 0.6) is 0 Å². The van der Waals surface area contributed by atoms with E-state index in [1.165, 1.54) is 4.68 Å². The Balaban J connectivity index is 2.11. The smallest absolute Gasteiger partial charge is 0.287 e. The molecule has 2 N–H and O–H groups in total. The molecule has 20 heavy (non-hydrogen) atoms. The number of anilines is 1. The second-order valence-corrected chi connectivity index (χ2v) is 5.82. The maximum Gasteiger partial charge on any atom is 0.287 e. The molecule has 0 spiro atoms. The van der Waals surface area contributed by atoms with E-state index >= 15 is 0 Å². The first kappa shape index (κ1) is 14.8. The molecule has 7 heteroatoms. The number of halogens is 1. The predicted molar refractivity (Wildman–Crippen MR) is 78.0 cm³/mol. The van der Waals surface area contributed by atoms with Crippen molar-refractivity contribution >= 4 is 23.2 Å². The number of carbonyl (C=O) groups is 1. The van der Waals surface area contributed by atoms with Crippen molar-refractivity contribution in [2.24, 2.45) is 5.92 Å². The van der Waals surface area contributed by atoms with Crippen LogP contribution in [-0.2, 0) is 11.3 Å². The summed E-state index contributed by atoms with van der Waals surface area (Å²) >= 11 is 6.11.